The number of aromatic nitrogens is 2. The molecule has 1 aromatic rings. The number of nitrogens with zero attached hydrogens (tertiary/aromatic N) is 4. The maximum atomic E-state index is 11.7. The molecule has 2 rings (SSSR count). The standard InChI is InChI=1S/C9H7ClN4O3S/c10-18(16,17)6-3-8(15)14(5-6)9-7(4-11)12-1-2-13-9/h1-2,6H,3,5H2. The van der Waals surface area contributed by atoms with Crippen LogP contribution in [-0.4, -0.2) is 36.1 Å². The molecule has 1 aliphatic rings. The van der Waals surface area contributed by atoms with Gasteiger partial charge in [0.1, 0.15) is 11.3 Å². The van der Waals surface area contributed by atoms with Crippen LogP contribution < -0.4 is 4.90 Å². The molecule has 0 radical (unpaired) electrons. The van der Waals surface area contributed by atoms with E-state index in [9.17, 15) is 13.2 Å². The van der Waals surface area contributed by atoms with E-state index >= 15 is 0 Å². The fourth-order valence-corrected chi connectivity index (χ4v) is 2.70. The van der Waals surface area contributed by atoms with Gasteiger partial charge in [0.25, 0.3) is 0 Å². The number of carbonyl (C=O) groups excluding carboxylic acids is 1. The van der Waals surface area contributed by atoms with E-state index in [2.05, 4.69) is 9.97 Å². The number of hydrogen-bond donors (Lipinski definition) is 0. The van der Waals surface area contributed by atoms with Crippen LogP contribution in [0.25, 0.3) is 0 Å². The van der Waals surface area contributed by atoms with Gasteiger partial charge in [0.05, 0.1) is 0 Å². The fourth-order valence-electron chi connectivity index (χ4n) is 1.68. The molecule has 0 bridgehead atoms. The highest BCUT2D eigenvalue weighted by molar-refractivity contribution is 8.14. The Balaban J connectivity index is 2.37. The highest BCUT2D eigenvalue weighted by Gasteiger charge is 2.39. The van der Waals surface area contributed by atoms with Gasteiger partial charge in [-0.05, 0) is 0 Å². The Morgan fingerprint density at radius 2 is 2.11 bits per heavy atom. The summed E-state index contributed by atoms with van der Waals surface area (Å²) in [6.07, 6.45) is 2.43. The van der Waals surface area contributed by atoms with Crippen molar-refractivity contribution in [3.63, 3.8) is 0 Å². The second-order valence-electron chi connectivity index (χ2n) is 3.65. The Morgan fingerprint density at radius 1 is 1.44 bits per heavy atom. The highest BCUT2D eigenvalue weighted by Crippen LogP contribution is 2.26. The Labute approximate surface area is 107 Å². The number of amides is 1. The molecule has 18 heavy (non-hydrogen) atoms. The average Bonchev–Trinajstić information content (AvgIpc) is 2.71. The largest absolute Gasteiger partial charge is 0.293 e. The first-order chi connectivity index (χ1) is 8.43. The van der Waals surface area contributed by atoms with Crippen LogP contribution in [0.15, 0.2) is 12.4 Å². The summed E-state index contributed by atoms with van der Waals surface area (Å²) in [7, 11) is 1.41. The normalized spacial score (nSPS) is 19.9. The summed E-state index contributed by atoms with van der Waals surface area (Å²) >= 11 is 0. The van der Waals surface area contributed by atoms with Gasteiger partial charge >= 0.3 is 0 Å². The Kier molecular flexibility index (Phi) is 3.19. The van der Waals surface area contributed by atoms with Crippen molar-refractivity contribution in [2.75, 3.05) is 11.4 Å². The summed E-state index contributed by atoms with van der Waals surface area (Å²) in [6, 6.07) is 1.80. The van der Waals surface area contributed by atoms with E-state index in [1.54, 1.807) is 6.07 Å². The lowest BCUT2D eigenvalue weighted by Crippen LogP contribution is -2.28. The number of carbonyl (C=O) groups is 1. The molecule has 94 valence electrons. The van der Waals surface area contributed by atoms with Crippen LogP contribution in [0.2, 0.25) is 0 Å². The number of anilines is 1. The molecule has 1 atom stereocenters. The minimum atomic E-state index is -3.82. The molecule has 2 heterocycles. The lowest BCUT2D eigenvalue weighted by atomic mass is 10.4. The van der Waals surface area contributed by atoms with Crippen LogP contribution in [0.3, 0.4) is 0 Å². The number of hydrogen-bond acceptors (Lipinski definition) is 6. The van der Waals surface area contributed by atoms with Crippen molar-refractivity contribution in [2.24, 2.45) is 0 Å². The Morgan fingerprint density at radius 3 is 2.67 bits per heavy atom. The topological polar surface area (TPSA) is 104 Å². The van der Waals surface area contributed by atoms with Gasteiger partial charge in [0.2, 0.25) is 15.0 Å². The van der Waals surface area contributed by atoms with Gasteiger partial charge in [-0.25, -0.2) is 18.4 Å². The molecule has 0 aliphatic carbocycles. The molecule has 0 spiro atoms. The van der Waals surface area contributed by atoms with Crippen molar-refractivity contribution in [1.82, 2.24) is 9.97 Å². The summed E-state index contributed by atoms with van der Waals surface area (Å²) < 4.78 is 22.4. The van der Waals surface area contributed by atoms with Crippen LogP contribution in [0.1, 0.15) is 12.1 Å². The van der Waals surface area contributed by atoms with Gasteiger partial charge < -0.3 is 0 Å². The predicted octanol–water partition coefficient (Wildman–Crippen LogP) is 0.0222. The molecule has 1 aliphatic heterocycles. The average molecular weight is 287 g/mol. The van der Waals surface area contributed by atoms with E-state index in [0.717, 1.165) is 4.90 Å². The quantitative estimate of drug-likeness (QED) is 0.710. The smallest absolute Gasteiger partial charge is 0.237 e. The lowest BCUT2D eigenvalue weighted by Gasteiger charge is -2.15. The minimum Gasteiger partial charge on any atom is -0.293 e. The lowest BCUT2D eigenvalue weighted by molar-refractivity contribution is -0.117. The summed E-state index contributed by atoms with van der Waals surface area (Å²) in [5, 5.41) is 7.87. The zero-order valence-electron chi connectivity index (χ0n) is 8.95. The molecule has 7 nitrogen and oxygen atoms in total. The van der Waals surface area contributed by atoms with Crippen molar-refractivity contribution in [3.8, 4) is 6.07 Å². The molecule has 1 amide bonds. The third-order valence-corrected chi connectivity index (χ3v) is 4.40. The summed E-state index contributed by atoms with van der Waals surface area (Å²) in [4.78, 5) is 20.5. The molecule has 0 saturated carbocycles. The molecule has 1 unspecified atom stereocenters. The molecule has 0 aromatic carbocycles. The van der Waals surface area contributed by atoms with Gasteiger partial charge in [0.15, 0.2) is 11.5 Å². The van der Waals surface area contributed by atoms with Gasteiger partial charge in [0, 0.05) is 36.0 Å². The first-order valence-corrected chi connectivity index (χ1v) is 7.25. The molecule has 1 aromatic heterocycles. The van der Waals surface area contributed by atoms with Crippen LogP contribution >= 0.6 is 10.7 Å². The fraction of sp³-hybridized carbons (Fsp3) is 0.333. The first kappa shape index (κ1) is 12.7. The molecule has 1 fully saturated rings. The summed E-state index contributed by atoms with van der Waals surface area (Å²) in [5.74, 6) is -0.381. The van der Waals surface area contributed by atoms with Crippen molar-refractivity contribution in [2.45, 2.75) is 11.7 Å². The van der Waals surface area contributed by atoms with E-state index in [0.29, 0.717) is 0 Å². The van der Waals surface area contributed by atoms with Crippen molar-refractivity contribution in [1.29, 1.82) is 5.26 Å². The number of halogens is 1. The monoisotopic (exact) mass is 286 g/mol. The van der Waals surface area contributed by atoms with Gasteiger partial charge in [-0.15, -0.1) is 0 Å². The first-order valence-electron chi connectivity index (χ1n) is 4.88. The SMILES string of the molecule is N#Cc1nccnc1N1CC(S(=O)(=O)Cl)CC1=O. The molecular weight excluding hydrogens is 280 g/mol. The number of nitriles is 1. The summed E-state index contributed by atoms with van der Waals surface area (Å²) in [5.41, 5.74) is -0.0292. The van der Waals surface area contributed by atoms with E-state index in [1.807, 2.05) is 0 Å². The summed E-state index contributed by atoms with van der Waals surface area (Å²) in [6.45, 7) is -0.113. The molecular formula is C9H7ClN4O3S. The van der Waals surface area contributed by atoms with Gasteiger partial charge in [-0.1, -0.05) is 0 Å². The van der Waals surface area contributed by atoms with E-state index in [4.69, 9.17) is 15.9 Å². The van der Waals surface area contributed by atoms with Gasteiger partial charge in [-0.2, -0.15) is 5.26 Å². The van der Waals surface area contributed by atoms with Crippen LogP contribution in [0.5, 0.6) is 0 Å². The molecule has 9 heteroatoms. The zero-order chi connectivity index (χ0) is 13.3. The van der Waals surface area contributed by atoms with Crippen molar-refractivity contribution >= 4 is 31.5 Å². The Hall–Kier alpha value is -1.72. The molecule has 0 N–H and O–H groups in total. The van der Waals surface area contributed by atoms with E-state index in [1.165, 1.54) is 12.4 Å². The number of rotatable bonds is 2. The minimum absolute atomic E-state index is 0.0292. The Bertz CT molecular complexity index is 639. The van der Waals surface area contributed by atoms with Crippen LogP contribution in [0, 0.1) is 11.3 Å². The van der Waals surface area contributed by atoms with Crippen LogP contribution in [0.4, 0.5) is 5.82 Å². The highest BCUT2D eigenvalue weighted by atomic mass is 35.7. The van der Waals surface area contributed by atoms with Crippen molar-refractivity contribution < 1.29 is 13.2 Å². The maximum absolute atomic E-state index is 11.7. The third-order valence-electron chi connectivity index (χ3n) is 2.53. The van der Waals surface area contributed by atoms with Crippen LogP contribution in [-0.2, 0) is 13.8 Å². The van der Waals surface area contributed by atoms with Crippen molar-refractivity contribution in [3.05, 3.63) is 18.1 Å². The second kappa shape index (κ2) is 4.51. The zero-order valence-corrected chi connectivity index (χ0v) is 10.5. The van der Waals surface area contributed by atoms with Gasteiger partial charge in [-0.3, -0.25) is 9.69 Å². The predicted molar refractivity (Wildman–Crippen MR) is 62.3 cm³/mol. The molecule has 1 saturated heterocycles. The second-order valence-corrected chi connectivity index (χ2v) is 6.55. The van der Waals surface area contributed by atoms with E-state index < -0.39 is 20.2 Å². The third kappa shape index (κ3) is 2.27. The maximum Gasteiger partial charge on any atom is 0.237 e. The van der Waals surface area contributed by atoms with E-state index in [-0.39, 0.29) is 24.5 Å².